The van der Waals surface area contributed by atoms with Gasteiger partial charge in [-0.05, 0) is 45.4 Å². The van der Waals surface area contributed by atoms with E-state index in [0.717, 1.165) is 24.6 Å². The van der Waals surface area contributed by atoms with Crippen molar-refractivity contribution in [3.05, 3.63) is 40.8 Å². The molecule has 2 N–H and O–H groups in total. The summed E-state index contributed by atoms with van der Waals surface area (Å²) in [6.45, 7) is 8.55. The lowest BCUT2D eigenvalue weighted by molar-refractivity contribution is 0.713. The van der Waals surface area contributed by atoms with Crippen molar-refractivity contribution in [3.8, 4) is 11.3 Å². The summed E-state index contributed by atoms with van der Waals surface area (Å²) >= 11 is 0. The summed E-state index contributed by atoms with van der Waals surface area (Å²) < 4.78 is 0. The number of benzene rings is 1. The first-order valence-electron chi connectivity index (χ1n) is 7.00. The van der Waals surface area contributed by atoms with Crippen LogP contribution in [0.25, 0.3) is 11.3 Å². The third-order valence-corrected chi connectivity index (χ3v) is 4.00. The molecule has 0 bridgehead atoms. The van der Waals surface area contributed by atoms with Gasteiger partial charge in [-0.1, -0.05) is 17.7 Å². The van der Waals surface area contributed by atoms with Crippen molar-refractivity contribution in [3.63, 3.8) is 0 Å². The van der Waals surface area contributed by atoms with Gasteiger partial charge < -0.3 is 10.3 Å². The Labute approximate surface area is 114 Å². The van der Waals surface area contributed by atoms with Gasteiger partial charge in [0.25, 0.3) is 0 Å². The van der Waals surface area contributed by atoms with E-state index in [0.29, 0.717) is 5.92 Å². The zero-order chi connectivity index (χ0) is 13.4. The van der Waals surface area contributed by atoms with Crippen molar-refractivity contribution in [2.75, 3.05) is 13.1 Å². The zero-order valence-electron chi connectivity index (χ0n) is 11.9. The molecule has 1 saturated heterocycles. The minimum absolute atomic E-state index is 0.539. The molecule has 1 aromatic heterocycles. The maximum atomic E-state index is 4.87. The lowest BCUT2D eigenvalue weighted by Crippen LogP contribution is -2.08. The van der Waals surface area contributed by atoms with Gasteiger partial charge in [0.2, 0.25) is 0 Å². The molecule has 100 valence electrons. The largest absolute Gasteiger partial charge is 0.345 e. The number of aromatic nitrogens is 2. The number of H-pyrrole nitrogens is 1. The van der Waals surface area contributed by atoms with Gasteiger partial charge in [0.05, 0.1) is 5.69 Å². The van der Waals surface area contributed by atoms with E-state index in [-0.39, 0.29) is 0 Å². The summed E-state index contributed by atoms with van der Waals surface area (Å²) in [7, 11) is 0. The smallest absolute Gasteiger partial charge is 0.111 e. The van der Waals surface area contributed by atoms with Crippen LogP contribution >= 0.6 is 0 Å². The monoisotopic (exact) mass is 255 g/mol. The van der Waals surface area contributed by atoms with E-state index in [1.165, 1.54) is 28.8 Å². The Kier molecular flexibility index (Phi) is 3.15. The van der Waals surface area contributed by atoms with Crippen LogP contribution in [-0.4, -0.2) is 23.1 Å². The van der Waals surface area contributed by atoms with E-state index >= 15 is 0 Å². The van der Waals surface area contributed by atoms with Gasteiger partial charge in [0.1, 0.15) is 5.82 Å². The number of imidazole rings is 1. The SMILES string of the molecule is Cc1ccc(C)c(-c2nc(C3CCNC3)[nH]c2C)c1. The summed E-state index contributed by atoms with van der Waals surface area (Å²) in [6, 6.07) is 6.56. The van der Waals surface area contributed by atoms with E-state index in [1.54, 1.807) is 0 Å². The molecule has 1 atom stereocenters. The molecule has 1 unspecified atom stereocenters. The Hall–Kier alpha value is -1.61. The first kappa shape index (κ1) is 12.4. The molecular weight excluding hydrogens is 234 g/mol. The van der Waals surface area contributed by atoms with Crippen molar-refractivity contribution in [1.82, 2.24) is 15.3 Å². The summed E-state index contributed by atoms with van der Waals surface area (Å²) in [5.41, 5.74) is 6.12. The third-order valence-electron chi connectivity index (χ3n) is 4.00. The molecule has 2 heterocycles. The second-order valence-electron chi connectivity index (χ2n) is 5.60. The molecular formula is C16H21N3. The molecule has 3 heteroatoms. The predicted molar refractivity (Wildman–Crippen MR) is 78.5 cm³/mol. The van der Waals surface area contributed by atoms with Gasteiger partial charge >= 0.3 is 0 Å². The number of nitrogens with one attached hydrogen (secondary N) is 2. The van der Waals surface area contributed by atoms with Gasteiger partial charge in [-0.2, -0.15) is 0 Å². The summed E-state index contributed by atoms with van der Waals surface area (Å²) in [4.78, 5) is 8.35. The molecule has 0 saturated carbocycles. The fraction of sp³-hybridized carbons (Fsp3) is 0.438. The van der Waals surface area contributed by atoms with Crippen LogP contribution in [-0.2, 0) is 0 Å². The molecule has 2 aromatic rings. The van der Waals surface area contributed by atoms with Crippen molar-refractivity contribution in [2.45, 2.75) is 33.1 Å². The van der Waals surface area contributed by atoms with Crippen LogP contribution < -0.4 is 5.32 Å². The maximum absolute atomic E-state index is 4.87. The highest BCUT2D eigenvalue weighted by Crippen LogP contribution is 2.29. The Morgan fingerprint density at radius 1 is 1.21 bits per heavy atom. The van der Waals surface area contributed by atoms with Gasteiger partial charge in [-0.15, -0.1) is 0 Å². The minimum atomic E-state index is 0.539. The highest BCUT2D eigenvalue weighted by atomic mass is 15.0. The van der Waals surface area contributed by atoms with Gasteiger partial charge in [0, 0.05) is 23.7 Å². The first-order valence-corrected chi connectivity index (χ1v) is 7.00. The maximum Gasteiger partial charge on any atom is 0.111 e. The predicted octanol–water partition coefficient (Wildman–Crippen LogP) is 3.08. The molecule has 3 rings (SSSR count). The van der Waals surface area contributed by atoms with E-state index < -0.39 is 0 Å². The van der Waals surface area contributed by atoms with Crippen LogP contribution in [0.3, 0.4) is 0 Å². The second kappa shape index (κ2) is 4.82. The lowest BCUT2D eigenvalue weighted by atomic mass is 10.0. The highest BCUT2D eigenvalue weighted by Gasteiger charge is 2.21. The van der Waals surface area contributed by atoms with Crippen molar-refractivity contribution in [1.29, 1.82) is 0 Å². The third kappa shape index (κ3) is 2.30. The van der Waals surface area contributed by atoms with Crippen molar-refractivity contribution in [2.24, 2.45) is 0 Å². The molecule has 1 aliphatic heterocycles. The van der Waals surface area contributed by atoms with Crippen LogP contribution in [0.1, 0.15) is 35.0 Å². The molecule has 1 aliphatic rings. The molecule has 0 spiro atoms. The number of rotatable bonds is 2. The van der Waals surface area contributed by atoms with Gasteiger partial charge in [-0.3, -0.25) is 0 Å². The fourth-order valence-electron chi connectivity index (χ4n) is 2.82. The van der Waals surface area contributed by atoms with Crippen LogP contribution in [0.4, 0.5) is 0 Å². The Morgan fingerprint density at radius 2 is 2.05 bits per heavy atom. The van der Waals surface area contributed by atoms with Crippen LogP contribution in [0.5, 0.6) is 0 Å². The van der Waals surface area contributed by atoms with E-state index in [2.05, 4.69) is 49.3 Å². The Bertz CT molecular complexity index is 592. The average Bonchev–Trinajstić information content (AvgIpc) is 3.01. The summed E-state index contributed by atoms with van der Waals surface area (Å²) in [5, 5.41) is 3.40. The second-order valence-corrected chi connectivity index (χ2v) is 5.60. The van der Waals surface area contributed by atoms with Crippen molar-refractivity contribution >= 4 is 0 Å². The average molecular weight is 255 g/mol. The van der Waals surface area contributed by atoms with E-state index in [1.807, 2.05) is 0 Å². The molecule has 0 amide bonds. The number of aryl methyl sites for hydroxylation is 3. The van der Waals surface area contributed by atoms with Gasteiger partial charge in [0.15, 0.2) is 0 Å². The highest BCUT2D eigenvalue weighted by molar-refractivity contribution is 5.66. The lowest BCUT2D eigenvalue weighted by Gasteiger charge is -2.05. The van der Waals surface area contributed by atoms with Crippen molar-refractivity contribution < 1.29 is 0 Å². The number of hydrogen-bond acceptors (Lipinski definition) is 2. The molecule has 0 aliphatic carbocycles. The first-order chi connectivity index (χ1) is 9.15. The van der Waals surface area contributed by atoms with E-state index in [9.17, 15) is 0 Å². The number of nitrogens with zero attached hydrogens (tertiary/aromatic N) is 1. The number of hydrogen-bond donors (Lipinski definition) is 2. The molecule has 1 aromatic carbocycles. The van der Waals surface area contributed by atoms with Crippen LogP contribution in [0.15, 0.2) is 18.2 Å². The summed E-state index contributed by atoms with van der Waals surface area (Å²) in [5.74, 6) is 1.68. The molecule has 1 fully saturated rings. The summed E-state index contributed by atoms with van der Waals surface area (Å²) in [6.07, 6.45) is 1.18. The fourth-order valence-corrected chi connectivity index (χ4v) is 2.82. The molecule has 19 heavy (non-hydrogen) atoms. The number of aromatic amines is 1. The quantitative estimate of drug-likeness (QED) is 0.866. The Morgan fingerprint density at radius 3 is 2.79 bits per heavy atom. The van der Waals surface area contributed by atoms with E-state index in [4.69, 9.17) is 4.98 Å². The standard InChI is InChI=1S/C16H21N3/c1-10-4-5-11(2)14(8-10)15-12(3)18-16(19-15)13-6-7-17-9-13/h4-5,8,13,17H,6-7,9H2,1-3H3,(H,18,19). The molecule has 0 radical (unpaired) electrons. The van der Waals surface area contributed by atoms with Crippen LogP contribution in [0.2, 0.25) is 0 Å². The normalized spacial score (nSPS) is 19.0. The minimum Gasteiger partial charge on any atom is -0.345 e. The van der Waals surface area contributed by atoms with Gasteiger partial charge in [-0.25, -0.2) is 4.98 Å². The Balaban J connectivity index is 2.02. The topological polar surface area (TPSA) is 40.7 Å². The zero-order valence-corrected chi connectivity index (χ0v) is 11.9. The molecule has 3 nitrogen and oxygen atoms in total. The van der Waals surface area contributed by atoms with Crippen LogP contribution in [0, 0.1) is 20.8 Å².